The highest BCUT2D eigenvalue weighted by atomic mass is 35.5. The zero-order chi connectivity index (χ0) is 19.9. The van der Waals surface area contributed by atoms with Gasteiger partial charge < -0.3 is 14.8 Å². The lowest BCUT2D eigenvalue weighted by Crippen LogP contribution is -2.47. The minimum atomic E-state index is -0.994. The van der Waals surface area contributed by atoms with E-state index in [2.05, 4.69) is 10.1 Å². The second-order valence-electron chi connectivity index (χ2n) is 5.45. The normalized spacial score (nSPS) is 12.6. The molecule has 1 amide bonds. The van der Waals surface area contributed by atoms with E-state index in [1.165, 1.54) is 13.2 Å². The fraction of sp³-hybridized carbons (Fsp3) is 0.438. The Morgan fingerprint density at radius 1 is 1.35 bits per heavy atom. The first-order valence-corrected chi connectivity index (χ1v) is 8.07. The topological polar surface area (TPSA) is 125 Å². The molecule has 0 unspecified atom stereocenters. The van der Waals surface area contributed by atoms with Crippen molar-refractivity contribution in [1.82, 2.24) is 5.32 Å². The highest BCUT2D eigenvalue weighted by Crippen LogP contribution is 2.22. The van der Waals surface area contributed by atoms with Crippen molar-refractivity contribution < 1.29 is 28.8 Å². The number of hydrogen-bond donors (Lipinski definition) is 1. The van der Waals surface area contributed by atoms with Gasteiger partial charge in [0, 0.05) is 12.1 Å². The number of nitrogens with zero attached hydrogens (tertiary/aromatic N) is 1. The van der Waals surface area contributed by atoms with Gasteiger partial charge in [0.15, 0.2) is 6.61 Å². The molecular weight excluding hydrogens is 368 g/mol. The molecule has 0 fully saturated rings. The predicted molar refractivity (Wildman–Crippen MR) is 91.8 cm³/mol. The number of rotatable bonds is 8. The van der Waals surface area contributed by atoms with E-state index >= 15 is 0 Å². The smallest absolute Gasteiger partial charge is 0.340 e. The van der Waals surface area contributed by atoms with Crippen LogP contribution in [0.25, 0.3) is 0 Å². The third kappa shape index (κ3) is 5.69. The number of carbonyl (C=O) groups is 3. The zero-order valence-electron chi connectivity index (χ0n) is 14.5. The Morgan fingerprint density at radius 2 is 2.00 bits per heavy atom. The third-order valence-electron chi connectivity index (χ3n) is 3.70. The number of nitro benzene ring substituents is 1. The average molecular weight is 387 g/mol. The molecule has 142 valence electrons. The average Bonchev–Trinajstić information content (AvgIpc) is 2.62. The van der Waals surface area contributed by atoms with Crippen molar-refractivity contribution in [3.05, 3.63) is 38.9 Å². The van der Waals surface area contributed by atoms with Crippen LogP contribution in [-0.4, -0.2) is 42.5 Å². The Balaban J connectivity index is 2.75. The lowest BCUT2D eigenvalue weighted by Gasteiger charge is -2.21. The molecule has 1 N–H and O–H groups in total. The van der Waals surface area contributed by atoms with Gasteiger partial charge in [-0.1, -0.05) is 31.9 Å². The van der Waals surface area contributed by atoms with Crippen molar-refractivity contribution in [3.63, 3.8) is 0 Å². The molecule has 0 aliphatic heterocycles. The van der Waals surface area contributed by atoms with Crippen LogP contribution in [0.1, 0.15) is 30.6 Å². The van der Waals surface area contributed by atoms with E-state index in [0.29, 0.717) is 6.42 Å². The highest BCUT2D eigenvalue weighted by molar-refractivity contribution is 6.33. The Bertz CT molecular complexity index is 708. The van der Waals surface area contributed by atoms with Gasteiger partial charge in [-0.15, -0.1) is 0 Å². The molecular formula is C16H19ClN2O7. The van der Waals surface area contributed by atoms with E-state index in [1.807, 2.05) is 6.92 Å². The summed E-state index contributed by atoms with van der Waals surface area (Å²) < 4.78 is 9.46. The lowest BCUT2D eigenvalue weighted by molar-refractivity contribution is -0.384. The van der Waals surface area contributed by atoms with E-state index in [0.717, 1.165) is 12.1 Å². The maximum atomic E-state index is 12.0. The molecule has 0 bridgehead atoms. The molecule has 0 aliphatic rings. The summed E-state index contributed by atoms with van der Waals surface area (Å²) >= 11 is 5.83. The van der Waals surface area contributed by atoms with E-state index < -0.39 is 35.4 Å². The molecule has 0 aromatic heterocycles. The summed E-state index contributed by atoms with van der Waals surface area (Å²) in [4.78, 5) is 45.8. The quantitative estimate of drug-likeness (QED) is 0.412. The van der Waals surface area contributed by atoms with Gasteiger partial charge in [0.2, 0.25) is 0 Å². The molecule has 0 saturated carbocycles. The first kappa shape index (κ1) is 21.4. The highest BCUT2D eigenvalue weighted by Gasteiger charge is 2.27. The monoisotopic (exact) mass is 386 g/mol. The summed E-state index contributed by atoms with van der Waals surface area (Å²) in [6, 6.07) is 2.40. The van der Waals surface area contributed by atoms with Gasteiger partial charge in [-0.05, 0) is 12.0 Å². The van der Waals surface area contributed by atoms with Crippen LogP contribution in [0.4, 0.5) is 5.69 Å². The number of non-ortho nitro benzene ring substituents is 1. The number of nitro groups is 1. The summed E-state index contributed by atoms with van der Waals surface area (Å²) in [5.41, 5.74) is -0.576. The molecule has 1 aromatic rings. The minimum Gasteiger partial charge on any atom is -0.467 e. The number of amides is 1. The molecule has 9 nitrogen and oxygen atoms in total. The van der Waals surface area contributed by atoms with E-state index in [4.69, 9.17) is 16.3 Å². The largest absolute Gasteiger partial charge is 0.467 e. The van der Waals surface area contributed by atoms with Gasteiger partial charge in [-0.2, -0.15) is 0 Å². The number of ether oxygens (including phenoxy) is 2. The maximum Gasteiger partial charge on any atom is 0.340 e. The standard InChI is InChI=1S/C16H19ClN2O7/c1-4-9(2)14(16(22)25-3)18-13(20)8-26-15(21)11-7-10(19(23)24)5-6-12(11)17/h5-7,9,14H,4,8H2,1-3H3,(H,18,20)/t9-,14-/m1/s1. The number of halogens is 1. The number of hydrogen-bond acceptors (Lipinski definition) is 7. The van der Waals surface area contributed by atoms with Crippen molar-refractivity contribution in [2.45, 2.75) is 26.3 Å². The lowest BCUT2D eigenvalue weighted by atomic mass is 9.99. The fourth-order valence-electron chi connectivity index (χ4n) is 2.00. The molecule has 0 saturated heterocycles. The van der Waals surface area contributed by atoms with Crippen LogP contribution in [0, 0.1) is 16.0 Å². The molecule has 26 heavy (non-hydrogen) atoms. The van der Waals surface area contributed by atoms with Crippen molar-refractivity contribution in [2.75, 3.05) is 13.7 Å². The van der Waals surface area contributed by atoms with Gasteiger partial charge in [-0.25, -0.2) is 9.59 Å². The first-order chi connectivity index (χ1) is 12.2. The molecule has 0 radical (unpaired) electrons. The van der Waals surface area contributed by atoms with Crippen molar-refractivity contribution in [2.24, 2.45) is 5.92 Å². The van der Waals surface area contributed by atoms with Crippen molar-refractivity contribution >= 4 is 35.1 Å². The number of benzene rings is 1. The minimum absolute atomic E-state index is 0.0481. The molecule has 10 heteroatoms. The van der Waals surface area contributed by atoms with Crippen LogP contribution in [0.3, 0.4) is 0 Å². The van der Waals surface area contributed by atoms with Crippen LogP contribution in [0.2, 0.25) is 5.02 Å². The second-order valence-corrected chi connectivity index (χ2v) is 5.86. The fourth-order valence-corrected chi connectivity index (χ4v) is 2.20. The second kappa shape index (κ2) is 9.71. The van der Waals surface area contributed by atoms with E-state index in [-0.39, 0.29) is 22.2 Å². The molecule has 1 rings (SSSR count). The molecule has 0 heterocycles. The summed E-state index contributed by atoms with van der Waals surface area (Å²) in [5, 5.41) is 13.2. The third-order valence-corrected chi connectivity index (χ3v) is 4.03. The number of esters is 2. The summed E-state index contributed by atoms with van der Waals surface area (Å²) in [6.07, 6.45) is 0.614. The Labute approximate surface area is 154 Å². The zero-order valence-corrected chi connectivity index (χ0v) is 15.2. The van der Waals surface area contributed by atoms with Crippen LogP contribution < -0.4 is 5.32 Å². The molecule has 0 aliphatic carbocycles. The predicted octanol–water partition coefficient (Wildman–Crippen LogP) is 2.11. The number of carbonyl (C=O) groups excluding carboxylic acids is 3. The maximum absolute atomic E-state index is 12.0. The van der Waals surface area contributed by atoms with Gasteiger partial charge in [-0.3, -0.25) is 14.9 Å². The van der Waals surface area contributed by atoms with Gasteiger partial charge in [0.05, 0.1) is 22.6 Å². The molecule has 1 aromatic carbocycles. The molecule has 0 spiro atoms. The van der Waals surface area contributed by atoms with Crippen LogP contribution >= 0.6 is 11.6 Å². The number of methoxy groups -OCH3 is 1. The van der Waals surface area contributed by atoms with Crippen molar-refractivity contribution in [3.8, 4) is 0 Å². The van der Waals surface area contributed by atoms with Crippen LogP contribution in [0.15, 0.2) is 18.2 Å². The van der Waals surface area contributed by atoms with E-state index in [1.54, 1.807) is 6.92 Å². The summed E-state index contributed by atoms with van der Waals surface area (Å²) in [5.74, 6) is -2.50. The van der Waals surface area contributed by atoms with Gasteiger partial charge >= 0.3 is 11.9 Å². The van der Waals surface area contributed by atoms with E-state index in [9.17, 15) is 24.5 Å². The van der Waals surface area contributed by atoms with Gasteiger partial charge in [0.1, 0.15) is 6.04 Å². The summed E-state index contributed by atoms with van der Waals surface area (Å²) in [6.45, 7) is 2.93. The first-order valence-electron chi connectivity index (χ1n) is 7.69. The van der Waals surface area contributed by atoms with Crippen LogP contribution in [-0.2, 0) is 19.1 Å². The summed E-state index contributed by atoms with van der Waals surface area (Å²) in [7, 11) is 1.20. The number of nitrogens with one attached hydrogen (secondary N) is 1. The van der Waals surface area contributed by atoms with Crippen molar-refractivity contribution in [1.29, 1.82) is 0 Å². The Morgan fingerprint density at radius 3 is 2.54 bits per heavy atom. The Hall–Kier alpha value is -2.68. The SMILES string of the molecule is CC[C@@H](C)[C@@H](NC(=O)COC(=O)c1cc([N+](=O)[O-])ccc1Cl)C(=O)OC. The van der Waals surface area contributed by atoms with Crippen LogP contribution in [0.5, 0.6) is 0 Å². The van der Waals surface area contributed by atoms with Gasteiger partial charge in [0.25, 0.3) is 11.6 Å². The Kier molecular flexibility index (Phi) is 7.98. The molecule has 2 atom stereocenters.